The number of carbonyl (C=O) groups is 1. The lowest BCUT2D eigenvalue weighted by Crippen LogP contribution is -2.50. The molecule has 6 nitrogen and oxygen atoms in total. The fraction of sp³-hybridized carbons (Fsp3) is 0.500. The maximum Gasteiger partial charge on any atom is 0.234 e. The van der Waals surface area contributed by atoms with Crippen LogP contribution in [0.5, 0.6) is 0 Å². The number of hydrogen-bond donors (Lipinski definition) is 3. The summed E-state index contributed by atoms with van der Waals surface area (Å²) in [6, 6.07) is 15.4. The minimum Gasteiger partial charge on any atom is -0.356 e. The second-order valence-electron chi connectivity index (χ2n) is 7.93. The van der Waals surface area contributed by atoms with Crippen LogP contribution >= 0.6 is 24.0 Å². The molecule has 1 saturated heterocycles. The Balaban J connectivity index is 0.00000341. The molecule has 1 aliphatic rings. The van der Waals surface area contributed by atoms with Gasteiger partial charge in [-0.3, -0.25) is 14.7 Å². The monoisotopic (exact) mass is 537 g/mol. The zero-order valence-electron chi connectivity index (χ0n) is 18.7. The molecule has 0 unspecified atom stereocenters. The van der Waals surface area contributed by atoms with Gasteiger partial charge in [0.05, 0.1) is 6.54 Å². The van der Waals surface area contributed by atoms with Crippen LogP contribution in [0.3, 0.4) is 0 Å². The number of benzene rings is 2. The summed E-state index contributed by atoms with van der Waals surface area (Å²) in [4.78, 5) is 18.5. The number of guanidine groups is 1. The Labute approximate surface area is 203 Å². The summed E-state index contributed by atoms with van der Waals surface area (Å²) in [6.45, 7) is 6.04. The highest BCUT2D eigenvalue weighted by molar-refractivity contribution is 14.0. The van der Waals surface area contributed by atoms with Gasteiger partial charge in [-0.15, -0.1) is 24.0 Å². The summed E-state index contributed by atoms with van der Waals surface area (Å²) in [5, 5.41) is 12.6. The number of amides is 1. The molecule has 0 saturated carbocycles. The molecule has 0 atom stereocenters. The van der Waals surface area contributed by atoms with Crippen LogP contribution in [-0.4, -0.2) is 62.6 Å². The van der Waals surface area contributed by atoms with Gasteiger partial charge in [-0.25, -0.2) is 0 Å². The maximum atomic E-state index is 11.9. The second kappa shape index (κ2) is 13.5. The molecule has 2 aromatic carbocycles. The number of nitrogens with zero attached hydrogens (tertiary/aromatic N) is 2. The summed E-state index contributed by atoms with van der Waals surface area (Å²) in [5.41, 5.74) is 1.35. The Morgan fingerprint density at radius 2 is 1.81 bits per heavy atom. The van der Waals surface area contributed by atoms with Gasteiger partial charge < -0.3 is 16.0 Å². The van der Waals surface area contributed by atoms with Crippen LogP contribution in [0.4, 0.5) is 0 Å². The van der Waals surface area contributed by atoms with Crippen LogP contribution in [0, 0.1) is 0 Å². The van der Waals surface area contributed by atoms with E-state index < -0.39 is 0 Å². The van der Waals surface area contributed by atoms with E-state index in [1.165, 1.54) is 16.3 Å². The van der Waals surface area contributed by atoms with Gasteiger partial charge in [0.2, 0.25) is 5.91 Å². The highest BCUT2D eigenvalue weighted by atomic mass is 127. The predicted molar refractivity (Wildman–Crippen MR) is 140 cm³/mol. The molecule has 1 aliphatic heterocycles. The molecule has 0 spiro atoms. The van der Waals surface area contributed by atoms with Crippen molar-refractivity contribution in [2.75, 3.05) is 39.8 Å². The third-order valence-corrected chi connectivity index (χ3v) is 5.66. The Bertz CT molecular complexity index is 843. The Hall–Kier alpha value is -1.87. The van der Waals surface area contributed by atoms with Crippen LogP contribution < -0.4 is 16.0 Å². The molecule has 0 aromatic heterocycles. The largest absolute Gasteiger partial charge is 0.356 e. The van der Waals surface area contributed by atoms with Gasteiger partial charge >= 0.3 is 0 Å². The van der Waals surface area contributed by atoms with Crippen molar-refractivity contribution in [3.63, 3.8) is 0 Å². The summed E-state index contributed by atoms with van der Waals surface area (Å²) in [5.74, 6) is 0.989. The van der Waals surface area contributed by atoms with Crippen molar-refractivity contribution in [1.82, 2.24) is 20.9 Å². The van der Waals surface area contributed by atoms with Crippen LogP contribution in [0.2, 0.25) is 0 Å². The van der Waals surface area contributed by atoms with Crippen molar-refractivity contribution in [2.45, 2.75) is 38.6 Å². The predicted octanol–water partition coefficient (Wildman–Crippen LogP) is 3.16. The number of aliphatic imine (C=N–C) groups is 1. The van der Waals surface area contributed by atoms with Gasteiger partial charge in [0, 0.05) is 39.3 Å². The Morgan fingerprint density at radius 3 is 2.55 bits per heavy atom. The standard InChI is InChI=1S/C24H35N5O.HI/c1-3-14-26-23(30)18-29-16-12-21(13-17-29)28-24(25-2)27-15-11-20-9-6-8-19-7-4-5-10-22(19)20;/h4-10,21H,3,11-18H2,1-2H3,(H,26,30)(H2,25,27,28);1H. The molecule has 1 fully saturated rings. The molecule has 0 radical (unpaired) electrons. The molecule has 0 bridgehead atoms. The molecule has 7 heteroatoms. The molecule has 3 rings (SSSR count). The highest BCUT2D eigenvalue weighted by Gasteiger charge is 2.21. The van der Waals surface area contributed by atoms with E-state index in [0.717, 1.165) is 57.8 Å². The lowest BCUT2D eigenvalue weighted by atomic mass is 10.0. The van der Waals surface area contributed by atoms with E-state index in [1.54, 1.807) is 0 Å². The number of nitrogens with one attached hydrogen (secondary N) is 3. The number of rotatable bonds is 8. The maximum absolute atomic E-state index is 11.9. The van der Waals surface area contributed by atoms with Gasteiger partial charge in [0.25, 0.3) is 0 Å². The number of piperidine rings is 1. The van der Waals surface area contributed by atoms with Crippen molar-refractivity contribution >= 4 is 46.6 Å². The number of carbonyl (C=O) groups excluding carboxylic acids is 1. The molecule has 3 N–H and O–H groups in total. The molecular formula is C24H36IN5O. The fourth-order valence-corrected chi connectivity index (χ4v) is 3.97. The van der Waals surface area contributed by atoms with Crippen molar-refractivity contribution in [2.24, 2.45) is 4.99 Å². The number of likely N-dealkylation sites (tertiary alicyclic amines) is 1. The normalized spacial score (nSPS) is 15.4. The molecule has 170 valence electrons. The molecular weight excluding hydrogens is 501 g/mol. The quantitative estimate of drug-likeness (QED) is 0.275. The van der Waals surface area contributed by atoms with E-state index in [1.807, 2.05) is 7.05 Å². The smallest absolute Gasteiger partial charge is 0.234 e. The van der Waals surface area contributed by atoms with Gasteiger partial charge in [0.1, 0.15) is 0 Å². The van der Waals surface area contributed by atoms with E-state index in [2.05, 4.69) is 75.2 Å². The van der Waals surface area contributed by atoms with Crippen molar-refractivity contribution < 1.29 is 4.79 Å². The zero-order valence-corrected chi connectivity index (χ0v) is 21.0. The van der Waals surface area contributed by atoms with E-state index in [-0.39, 0.29) is 29.9 Å². The highest BCUT2D eigenvalue weighted by Crippen LogP contribution is 2.18. The lowest BCUT2D eigenvalue weighted by molar-refractivity contribution is -0.122. The van der Waals surface area contributed by atoms with Crippen LogP contribution in [0.25, 0.3) is 10.8 Å². The first-order valence-electron chi connectivity index (χ1n) is 11.1. The molecule has 1 amide bonds. The van der Waals surface area contributed by atoms with Gasteiger partial charge in [-0.1, -0.05) is 49.4 Å². The zero-order chi connectivity index (χ0) is 21.2. The first kappa shape index (κ1) is 25.4. The average molecular weight is 537 g/mol. The summed E-state index contributed by atoms with van der Waals surface area (Å²) in [6.07, 6.45) is 3.97. The minimum atomic E-state index is 0. The van der Waals surface area contributed by atoms with Crippen molar-refractivity contribution in [3.05, 3.63) is 48.0 Å². The van der Waals surface area contributed by atoms with Gasteiger partial charge in [-0.2, -0.15) is 0 Å². The van der Waals surface area contributed by atoms with Crippen LogP contribution in [0.1, 0.15) is 31.7 Å². The second-order valence-corrected chi connectivity index (χ2v) is 7.93. The van der Waals surface area contributed by atoms with E-state index in [9.17, 15) is 4.79 Å². The van der Waals surface area contributed by atoms with Gasteiger partial charge in [-0.05, 0) is 42.0 Å². The van der Waals surface area contributed by atoms with Crippen LogP contribution in [0.15, 0.2) is 47.5 Å². The van der Waals surface area contributed by atoms with Crippen molar-refractivity contribution in [1.29, 1.82) is 0 Å². The average Bonchev–Trinajstić information content (AvgIpc) is 2.78. The number of hydrogen-bond acceptors (Lipinski definition) is 3. The first-order valence-corrected chi connectivity index (χ1v) is 11.1. The number of fused-ring (bicyclic) bond motifs is 1. The van der Waals surface area contributed by atoms with E-state index in [4.69, 9.17) is 0 Å². The third-order valence-electron chi connectivity index (χ3n) is 5.66. The van der Waals surface area contributed by atoms with Crippen LogP contribution in [-0.2, 0) is 11.2 Å². The fourth-order valence-electron chi connectivity index (χ4n) is 3.97. The SMILES string of the molecule is CCCNC(=O)CN1CCC(NC(=NC)NCCc2cccc3ccccc23)CC1.I. The van der Waals surface area contributed by atoms with E-state index >= 15 is 0 Å². The summed E-state index contributed by atoms with van der Waals surface area (Å²) < 4.78 is 0. The summed E-state index contributed by atoms with van der Waals surface area (Å²) in [7, 11) is 1.82. The topological polar surface area (TPSA) is 68.8 Å². The number of halogens is 1. The molecule has 0 aliphatic carbocycles. The first-order chi connectivity index (χ1) is 14.7. The minimum absolute atomic E-state index is 0. The Kier molecular flexibility index (Phi) is 11.1. The molecule has 31 heavy (non-hydrogen) atoms. The van der Waals surface area contributed by atoms with Gasteiger partial charge in [0.15, 0.2) is 5.96 Å². The van der Waals surface area contributed by atoms with Crippen molar-refractivity contribution in [3.8, 4) is 0 Å². The third kappa shape index (κ3) is 7.96. The molecule has 1 heterocycles. The summed E-state index contributed by atoms with van der Waals surface area (Å²) >= 11 is 0. The van der Waals surface area contributed by atoms with E-state index in [0.29, 0.717) is 12.6 Å². The molecule has 2 aromatic rings. The lowest BCUT2D eigenvalue weighted by Gasteiger charge is -2.32. The Morgan fingerprint density at radius 1 is 1.06 bits per heavy atom.